The van der Waals surface area contributed by atoms with Crippen molar-refractivity contribution in [2.75, 3.05) is 36.0 Å². The Balaban J connectivity index is 1.38. The van der Waals surface area contributed by atoms with Crippen LogP contribution in [0.4, 0.5) is 11.6 Å². The average Bonchev–Trinajstić information content (AvgIpc) is 3.22. The lowest BCUT2D eigenvalue weighted by molar-refractivity contribution is 0.533. The Hall–Kier alpha value is -2.83. The maximum absolute atomic E-state index is 4.56. The molecule has 2 atom stereocenters. The minimum absolute atomic E-state index is 0.631. The number of hydrogen-bond acceptors (Lipinski definition) is 7. The number of anilines is 2. The normalized spacial score (nSPS) is 22.2. The molecule has 0 aromatic carbocycles. The van der Waals surface area contributed by atoms with Gasteiger partial charge in [-0.15, -0.1) is 0 Å². The lowest BCUT2D eigenvalue weighted by atomic mass is 10.0. The van der Waals surface area contributed by atoms with Crippen LogP contribution in [0.1, 0.15) is 11.3 Å². The molecule has 0 amide bonds. The van der Waals surface area contributed by atoms with Crippen LogP contribution in [-0.4, -0.2) is 51.1 Å². The first-order chi connectivity index (χ1) is 12.7. The van der Waals surface area contributed by atoms with Crippen molar-refractivity contribution in [3.63, 3.8) is 0 Å². The molecule has 0 saturated carbocycles. The molecule has 3 aromatic rings. The standard InChI is InChI=1S/C19H21N7/c1-12-13(2)21-10-23-18(12)25-6-14-8-26(9-15(14)7-25)19-16-4-3-5-20-17(16)22-11-24-19/h3-5,10-11,14-15H,6-9H2,1-2H3. The molecule has 0 bridgehead atoms. The third-order valence-electron chi connectivity index (χ3n) is 5.78. The van der Waals surface area contributed by atoms with Crippen molar-refractivity contribution in [1.29, 1.82) is 0 Å². The Labute approximate surface area is 152 Å². The predicted octanol–water partition coefficient (Wildman–Crippen LogP) is 2.00. The fourth-order valence-electron chi connectivity index (χ4n) is 4.32. The number of aromatic nitrogens is 5. The highest BCUT2D eigenvalue weighted by Crippen LogP contribution is 2.37. The third-order valence-corrected chi connectivity index (χ3v) is 5.78. The third kappa shape index (κ3) is 2.38. The highest BCUT2D eigenvalue weighted by atomic mass is 15.3. The van der Waals surface area contributed by atoms with Gasteiger partial charge < -0.3 is 9.80 Å². The van der Waals surface area contributed by atoms with Crippen LogP contribution in [0.5, 0.6) is 0 Å². The molecule has 2 unspecified atom stereocenters. The Bertz CT molecular complexity index is 954. The average molecular weight is 347 g/mol. The smallest absolute Gasteiger partial charge is 0.164 e. The van der Waals surface area contributed by atoms with E-state index >= 15 is 0 Å². The second kappa shape index (κ2) is 5.86. The van der Waals surface area contributed by atoms with Crippen molar-refractivity contribution in [2.45, 2.75) is 13.8 Å². The van der Waals surface area contributed by atoms with Crippen molar-refractivity contribution >= 4 is 22.7 Å². The van der Waals surface area contributed by atoms with E-state index in [1.165, 1.54) is 5.56 Å². The summed E-state index contributed by atoms with van der Waals surface area (Å²) in [6, 6.07) is 4.01. The van der Waals surface area contributed by atoms with Crippen molar-refractivity contribution in [3.8, 4) is 0 Å². The summed E-state index contributed by atoms with van der Waals surface area (Å²) in [4.78, 5) is 26.9. The number of hydrogen-bond donors (Lipinski definition) is 0. The monoisotopic (exact) mass is 347 g/mol. The summed E-state index contributed by atoms with van der Waals surface area (Å²) in [6.45, 7) is 8.29. The van der Waals surface area contributed by atoms with Crippen LogP contribution in [0.2, 0.25) is 0 Å². The molecular formula is C19H21N7. The SMILES string of the molecule is Cc1ncnc(N2CC3CN(c4ncnc5ncccc45)CC3C2)c1C. The summed E-state index contributed by atoms with van der Waals surface area (Å²) in [5.74, 6) is 3.37. The molecule has 2 aliphatic heterocycles. The zero-order valence-corrected chi connectivity index (χ0v) is 15.0. The quantitative estimate of drug-likeness (QED) is 0.702. The van der Waals surface area contributed by atoms with E-state index in [1.54, 1.807) is 18.9 Å². The van der Waals surface area contributed by atoms with Crippen molar-refractivity contribution < 1.29 is 0 Å². The zero-order chi connectivity index (χ0) is 17.7. The first-order valence-corrected chi connectivity index (χ1v) is 9.04. The summed E-state index contributed by atoms with van der Waals surface area (Å²) in [7, 11) is 0. The van der Waals surface area contributed by atoms with Gasteiger partial charge >= 0.3 is 0 Å². The number of nitrogens with zero attached hydrogens (tertiary/aromatic N) is 7. The molecular weight excluding hydrogens is 326 g/mol. The summed E-state index contributed by atoms with van der Waals surface area (Å²) >= 11 is 0. The van der Waals surface area contributed by atoms with E-state index in [0.717, 1.165) is 54.5 Å². The molecule has 0 N–H and O–H groups in total. The predicted molar refractivity (Wildman–Crippen MR) is 100 cm³/mol. The largest absolute Gasteiger partial charge is 0.356 e. The molecule has 0 radical (unpaired) electrons. The van der Waals surface area contributed by atoms with Crippen molar-refractivity contribution in [3.05, 3.63) is 42.2 Å². The maximum Gasteiger partial charge on any atom is 0.164 e. The lowest BCUT2D eigenvalue weighted by Gasteiger charge is -2.24. The highest BCUT2D eigenvalue weighted by Gasteiger charge is 2.41. The fraction of sp³-hybridized carbons (Fsp3) is 0.421. The van der Waals surface area contributed by atoms with E-state index in [-0.39, 0.29) is 0 Å². The molecule has 5 rings (SSSR count). The summed E-state index contributed by atoms with van der Waals surface area (Å²) < 4.78 is 0. The van der Waals surface area contributed by atoms with Gasteiger partial charge in [-0.3, -0.25) is 0 Å². The van der Waals surface area contributed by atoms with Crippen molar-refractivity contribution in [1.82, 2.24) is 24.9 Å². The van der Waals surface area contributed by atoms with E-state index in [9.17, 15) is 0 Å². The van der Waals surface area contributed by atoms with Gasteiger partial charge in [0.15, 0.2) is 5.65 Å². The van der Waals surface area contributed by atoms with Gasteiger partial charge in [-0.25, -0.2) is 24.9 Å². The molecule has 132 valence electrons. The lowest BCUT2D eigenvalue weighted by Crippen LogP contribution is -2.30. The number of aryl methyl sites for hydroxylation is 1. The molecule has 26 heavy (non-hydrogen) atoms. The second-order valence-electron chi connectivity index (χ2n) is 7.31. The Morgan fingerprint density at radius 3 is 2.23 bits per heavy atom. The van der Waals surface area contributed by atoms with Crippen LogP contribution in [0.25, 0.3) is 11.0 Å². The minimum atomic E-state index is 0.631. The van der Waals surface area contributed by atoms with Crippen LogP contribution in [0.3, 0.4) is 0 Å². The Morgan fingerprint density at radius 1 is 0.808 bits per heavy atom. The van der Waals surface area contributed by atoms with Gasteiger partial charge in [-0.1, -0.05) is 0 Å². The Kier molecular flexibility index (Phi) is 3.48. The van der Waals surface area contributed by atoms with Crippen LogP contribution in [0.15, 0.2) is 31.0 Å². The van der Waals surface area contributed by atoms with E-state index in [1.807, 2.05) is 13.0 Å². The van der Waals surface area contributed by atoms with Gasteiger partial charge in [-0.05, 0) is 26.0 Å². The highest BCUT2D eigenvalue weighted by molar-refractivity contribution is 5.86. The topological polar surface area (TPSA) is 70.9 Å². The summed E-state index contributed by atoms with van der Waals surface area (Å²) in [6.07, 6.45) is 5.08. The molecule has 3 aromatic heterocycles. The molecule has 2 fully saturated rings. The minimum Gasteiger partial charge on any atom is -0.356 e. The van der Waals surface area contributed by atoms with Gasteiger partial charge in [-0.2, -0.15) is 0 Å². The summed E-state index contributed by atoms with van der Waals surface area (Å²) in [5, 5.41) is 1.04. The van der Waals surface area contributed by atoms with Gasteiger partial charge in [0.05, 0.1) is 5.39 Å². The van der Waals surface area contributed by atoms with Crippen LogP contribution < -0.4 is 9.80 Å². The number of pyridine rings is 1. The summed E-state index contributed by atoms with van der Waals surface area (Å²) in [5.41, 5.74) is 3.02. The Morgan fingerprint density at radius 2 is 1.46 bits per heavy atom. The number of fused-ring (bicyclic) bond motifs is 2. The molecule has 7 nitrogen and oxygen atoms in total. The van der Waals surface area contributed by atoms with E-state index < -0.39 is 0 Å². The molecule has 2 saturated heterocycles. The molecule has 0 aliphatic carbocycles. The first kappa shape index (κ1) is 15.4. The van der Waals surface area contributed by atoms with Gasteiger partial charge in [0, 0.05) is 55.5 Å². The van der Waals surface area contributed by atoms with E-state index in [4.69, 9.17) is 0 Å². The van der Waals surface area contributed by atoms with Gasteiger partial charge in [0.1, 0.15) is 24.3 Å². The maximum atomic E-state index is 4.56. The van der Waals surface area contributed by atoms with Crippen LogP contribution in [0, 0.1) is 25.7 Å². The molecule has 0 spiro atoms. The molecule has 7 heteroatoms. The second-order valence-corrected chi connectivity index (χ2v) is 7.31. The van der Waals surface area contributed by atoms with Crippen LogP contribution in [-0.2, 0) is 0 Å². The first-order valence-electron chi connectivity index (χ1n) is 9.04. The van der Waals surface area contributed by atoms with Gasteiger partial charge in [0.2, 0.25) is 0 Å². The van der Waals surface area contributed by atoms with Gasteiger partial charge in [0.25, 0.3) is 0 Å². The number of rotatable bonds is 2. The van der Waals surface area contributed by atoms with E-state index in [2.05, 4.69) is 47.7 Å². The van der Waals surface area contributed by atoms with E-state index in [0.29, 0.717) is 11.8 Å². The van der Waals surface area contributed by atoms with Crippen molar-refractivity contribution in [2.24, 2.45) is 11.8 Å². The molecule has 2 aliphatic rings. The molecule has 5 heterocycles. The fourth-order valence-corrected chi connectivity index (χ4v) is 4.32. The zero-order valence-electron chi connectivity index (χ0n) is 15.0. The van der Waals surface area contributed by atoms with Crippen LogP contribution >= 0.6 is 0 Å².